The van der Waals surface area contributed by atoms with Crippen LogP contribution in [0.3, 0.4) is 0 Å². The van der Waals surface area contributed by atoms with Crippen molar-refractivity contribution in [2.45, 2.75) is 36.1 Å². The summed E-state index contributed by atoms with van der Waals surface area (Å²) in [6, 6.07) is 15.1. The highest BCUT2D eigenvalue weighted by molar-refractivity contribution is 8.00. The molecule has 2 heterocycles. The van der Waals surface area contributed by atoms with E-state index in [0.29, 0.717) is 11.5 Å². The summed E-state index contributed by atoms with van der Waals surface area (Å²) in [5.41, 5.74) is 0.828. The van der Waals surface area contributed by atoms with Crippen LogP contribution in [0.4, 0.5) is 5.82 Å². The highest BCUT2D eigenvalue weighted by Crippen LogP contribution is 2.41. The molecular weight excluding hydrogens is 564 g/mol. The smallest absolute Gasteiger partial charge is 0.263 e. The fourth-order valence-corrected chi connectivity index (χ4v) is 5.38. The molecule has 0 bridgehead atoms. The van der Waals surface area contributed by atoms with Crippen LogP contribution in [0.2, 0.25) is 0 Å². The number of methoxy groups -OCH3 is 1. The molecule has 0 unspecified atom stereocenters. The summed E-state index contributed by atoms with van der Waals surface area (Å²) in [5, 5.41) is 2.75. The minimum atomic E-state index is -4.14. The van der Waals surface area contributed by atoms with E-state index in [4.69, 9.17) is 9.47 Å². The number of para-hydroxylation sites is 2. The molecule has 0 aliphatic heterocycles. The first-order valence-corrected chi connectivity index (χ1v) is 15.0. The number of hydrogen-bond acceptors (Lipinski definition) is 10. The molecule has 13 heteroatoms. The SMILES string of the molecule is CNC(=O)CSc1nc(-c2ncccn2)nc(NS(=O)(=O)c2ccc(C(C)(C)C)cc2)c1Oc1ccccc1OC. The predicted molar refractivity (Wildman–Crippen MR) is 157 cm³/mol. The molecule has 2 aromatic carbocycles. The number of nitrogens with one attached hydrogen (secondary N) is 2. The fraction of sp³-hybridized carbons (Fsp3) is 0.250. The van der Waals surface area contributed by atoms with Crippen molar-refractivity contribution >= 4 is 33.5 Å². The minimum absolute atomic E-state index is 0.0158. The van der Waals surface area contributed by atoms with E-state index in [1.807, 2.05) is 20.8 Å². The van der Waals surface area contributed by atoms with Gasteiger partial charge in [-0.2, -0.15) is 0 Å². The molecule has 0 fully saturated rings. The van der Waals surface area contributed by atoms with Gasteiger partial charge in [0.1, 0.15) is 5.03 Å². The molecule has 0 saturated heterocycles. The number of amides is 1. The summed E-state index contributed by atoms with van der Waals surface area (Å²) in [6.45, 7) is 6.13. The molecule has 0 atom stereocenters. The van der Waals surface area contributed by atoms with Gasteiger partial charge in [-0.1, -0.05) is 56.8 Å². The van der Waals surface area contributed by atoms with E-state index in [9.17, 15) is 13.2 Å². The molecule has 41 heavy (non-hydrogen) atoms. The topological polar surface area (TPSA) is 145 Å². The van der Waals surface area contributed by atoms with Gasteiger partial charge in [-0.3, -0.25) is 9.52 Å². The average Bonchev–Trinajstić information content (AvgIpc) is 2.97. The Hall–Kier alpha value is -4.23. The van der Waals surface area contributed by atoms with Gasteiger partial charge in [0, 0.05) is 19.4 Å². The molecule has 4 rings (SSSR count). The lowest BCUT2D eigenvalue weighted by Gasteiger charge is -2.20. The van der Waals surface area contributed by atoms with Gasteiger partial charge in [0.15, 0.2) is 23.1 Å². The number of hydrogen-bond donors (Lipinski definition) is 2. The average molecular weight is 595 g/mol. The number of ether oxygens (including phenoxy) is 2. The Balaban J connectivity index is 1.87. The quantitative estimate of drug-likeness (QED) is 0.196. The molecule has 2 N–H and O–H groups in total. The van der Waals surface area contributed by atoms with Crippen molar-refractivity contribution in [1.29, 1.82) is 0 Å². The summed E-state index contributed by atoms with van der Waals surface area (Å²) in [4.78, 5) is 29.6. The van der Waals surface area contributed by atoms with Gasteiger partial charge in [0.2, 0.25) is 17.5 Å². The number of rotatable bonds is 10. The number of sulfonamides is 1. The number of benzene rings is 2. The van der Waals surface area contributed by atoms with E-state index in [-0.39, 0.29) is 50.2 Å². The second-order valence-electron chi connectivity index (χ2n) is 9.70. The van der Waals surface area contributed by atoms with Crippen molar-refractivity contribution in [2.75, 3.05) is 24.6 Å². The van der Waals surface area contributed by atoms with Crippen molar-refractivity contribution in [3.05, 3.63) is 72.6 Å². The Morgan fingerprint density at radius 1 is 0.927 bits per heavy atom. The molecule has 214 valence electrons. The van der Waals surface area contributed by atoms with Crippen LogP contribution in [0.1, 0.15) is 26.3 Å². The third-order valence-electron chi connectivity index (χ3n) is 5.76. The minimum Gasteiger partial charge on any atom is -0.493 e. The summed E-state index contributed by atoms with van der Waals surface area (Å²) in [7, 11) is -1.14. The van der Waals surface area contributed by atoms with Crippen molar-refractivity contribution in [1.82, 2.24) is 25.3 Å². The molecule has 0 aliphatic rings. The van der Waals surface area contributed by atoms with E-state index in [2.05, 4.69) is 30.0 Å². The van der Waals surface area contributed by atoms with E-state index in [1.165, 1.54) is 38.7 Å². The number of carbonyl (C=O) groups excluding carboxylic acids is 1. The number of anilines is 1. The highest BCUT2D eigenvalue weighted by Gasteiger charge is 2.26. The molecule has 0 radical (unpaired) electrons. The lowest BCUT2D eigenvalue weighted by Crippen LogP contribution is -2.20. The van der Waals surface area contributed by atoms with Crippen LogP contribution in [-0.2, 0) is 20.2 Å². The van der Waals surface area contributed by atoms with E-state index < -0.39 is 10.0 Å². The zero-order valence-electron chi connectivity index (χ0n) is 23.2. The predicted octanol–water partition coefficient (Wildman–Crippen LogP) is 4.67. The molecule has 4 aromatic rings. The second-order valence-corrected chi connectivity index (χ2v) is 12.3. The maximum absolute atomic E-state index is 13.6. The number of carbonyl (C=O) groups is 1. The van der Waals surface area contributed by atoms with Crippen LogP contribution in [0.15, 0.2) is 76.9 Å². The molecule has 0 spiro atoms. The standard InChI is InChI=1S/C28H30N6O5S2/c1-28(2,3)18-11-13-19(14-12-18)41(36,37)34-24-23(39-21-10-7-6-9-20(21)38-5)27(40-17-22(35)29-4)33-26(32-24)25-30-15-8-16-31-25/h6-16H,17H2,1-5H3,(H,29,35)(H,32,33,34). The first-order chi connectivity index (χ1) is 19.5. The lowest BCUT2D eigenvalue weighted by atomic mass is 9.87. The van der Waals surface area contributed by atoms with Crippen LogP contribution in [0.25, 0.3) is 11.6 Å². The van der Waals surface area contributed by atoms with Crippen LogP contribution >= 0.6 is 11.8 Å². The highest BCUT2D eigenvalue weighted by atomic mass is 32.2. The Morgan fingerprint density at radius 3 is 2.20 bits per heavy atom. The van der Waals surface area contributed by atoms with Crippen LogP contribution < -0.4 is 19.5 Å². The fourth-order valence-electron chi connectivity index (χ4n) is 3.54. The maximum atomic E-state index is 13.6. The van der Waals surface area contributed by atoms with Gasteiger partial charge in [0.05, 0.1) is 17.8 Å². The number of aromatic nitrogens is 4. The normalized spacial score (nSPS) is 11.5. The monoisotopic (exact) mass is 594 g/mol. The second kappa shape index (κ2) is 12.5. The molecular formula is C28H30N6O5S2. The summed E-state index contributed by atoms with van der Waals surface area (Å²) in [6.07, 6.45) is 3.03. The Bertz CT molecular complexity index is 1630. The largest absolute Gasteiger partial charge is 0.493 e. The molecule has 11 nitrogen and oxygen atoms in total. The Morgan fingerprint density at radius 2 is 1.59 bits per heavy atom. The van der Waals surface area contributed by atoms with Gasteiger partial charge < -0.3 is 14.8 Å². The van der Waals surface area contributed by atoms with Crippen molar-refractivity contribution in [3.63, 3.8) is 0 Å². The number of thioether (sulfide) groups is 1. The van der Waals surface area contributed by atoms with Crippen molar-refractivity contribution in [3.8, 4) is 28.9 Å². The molecule has 0 saturated carbocycles. The molecule has 1 amide bonds. The van der Waals surface area contributed by atoms with E-state index in [0.717, 1.165) is 17.3 Å². The molecule has 2 aromatic heterocycles. The maximum Gasteiger partial charge on any atom is 0.263 e. The lowest BCUT2D eigenvalue weighted by molar-refractivity contribution is -0.118. The summed E-state index contributed by atoms with van der Waals surface area (Å²) in [5.74, 6) is 0.425. The zero-order chi connectivity index (χ0) is 29.6. The van der Waals surface area contributed by atoms with E-state index in [1.54, 1.807) is 42.5 Å². The first-order valence-electron chi connectivity index (χ1n) is 12.5. The third-order valence-corrected chi connectivity index (χ3v) is 8.07. The summed E-state index contributed by atoms with van der Waals surface area (Å²) < 4.78 is 41.4. The molecule has 0 aliphatic carbocycles. The van der Waals surface area contributed by atoms with Gasteiger partial charge in [-0.15, -0.1) is 0 Å². The Labute approximate surface area is 243 Å². The zero-order valence-corrected chi connectivity index (χ0v) is 24.8. The van der Waals surface area contributed by atoms with Crippen molar-refractivity contribution < 1.29 is 22.7 Å². The first kappa shape index (κ1) is 29.7. The van der Waals surface area contributed by atoms with Gasteiger partial charge >= 0.3 is 0 Å². The van der Waals surface area contributed by atoms with Gasteiger partial charge in [0.25, 0.3) is 10.0 Å². The van der Waals surface area contributed by atoms with Crippen LogP contribution in [0.5, 0.6) is 17.2 Å². The Kier molecular flexibility index (Phi) is 9.08. The van der Waals surface area contributed by atoms with Gasteiger partial charge in [-0.25, -0.2) is 28.4 Å². The van der Waals surface area contributed by atoms with Crippen LogP contribution in [-0.4, -0.2) is 54.2 Å². The van der Waals surface area contributed by atoms with Crippen molar-refractivity contribution in [2.24, 2.45) is 0 Å². The third kappa shape index (κ3) is 7.30. The van der Waals surface area contributed by atoms with E-state index >= 15 is 0 Å². The van der Waals surface area contributed by atoms with Crippen LogP contribution in [0, 0.1) is 0 Å². The number of nitrogens with zero attached hydrogens (tertiary/aromatic N) is 4. The summed E-state index contributed by atoms with van der Waals surface area (Å²) >= 11 is 1.04. The van der Waals surface area contributed by atoms with Gasteiger partial charge in [-0.05, 0) is 41.3 Å².